The molecule has 0 unspecified atom stereocenters. The van der Waals surface area contributed by atoms with E-state index in [1.54, 1.807) is 22.0 Å². The van der Waals surface area contributed by atoms with Gasteiger partial charge in [-0.3, -0.25) is 14.5 Å². The van der Waals surface area contributed by atoms with E-state index in [4.69, 9.17) is 4.74 Å². The summed E-state index contributed by atoms with van der Waals surface area (Å²) in [6.07, 6.45) is 5.33. The Morgan fingerprint density at radius 2 is 1.93 bits per heavy atom. The number of hydrogen-bond acceptors (Lipinski definition) is 5. The number of aryl methyl sites for hydroxylation is 3. The summed E-state index contributed by atoms with van der Waals surface area (Å²) in [6.45, 7) is 8.74. The molecule has 3 rings (SSSR count). The Bertz CT molecular complexity index is 981. The Morgan fingerprint density at radius 1 is 1.17 bits per heavy atom. The van der Waals surface area contributed by atoms with E-state index in [0.29, 0.717) is 24.7 Å². The van der Waals surface area contributed by atoms with Gasteiger partial charge < -0.3 is 9.64 Å². The number of likely N-dealkylation sites (N-methyl/N-ethyl adjacent to an activating group) is 1. The molecule has 0 aromatic carbocycles. The minimum atomic E-state index is -0.143. The molecule has 1 atom stereocenters. The fourth-order valence-electron chi connectivity index (χ4n) is 3.12. The van der Waals surface area contributed by atoms with Crippen molar-refractivity contribution in [1.82, 2.24) is 24.6 Å². The first kappa shape index (κ1) is 20.5. The average molecular weight is 393 g/mol. The van der Waals surface area contributed by atoms with Crippen LogP contribution >= 0.6 is 0 Å². The molecule has 0 fully saturated rings. The molecular formula is C22H27N5O2. The van der Waals surface area contributed by atoms with Crippen LogP contribution in [-0.2, 0) is 7.05 Å². The summed E-state index contributed by atoms with van der Waals surface area (Å²) in [5, 5.41) is 4.45. The summed E-state index contributed by atoms with van der Waals surface area (Å²) < 4.78 is 7.50. The second-order valence-electron chi connectivity index (χ2n) is 7.21. The van der Waals surface area contributed by atoms with E-state index in [1.807, 2.05) is 65.2 Å². The summed E-state index contributed by atoms with van der Waals surface area (Å²) in [5.74, 6) is 0.412. The Labute approximate surface area is 171 Å². The molecule has 3 heterocycles. The molecule has 0 N–H and O–H groups in total. The number of pyridine rings is 2. The molecule has 152 valence electrons. The topological polar surface area (TPSA) is 73.1 Å². The minimum absolute atomic E-state index is 0.138. The molecular weight excluding hydrogens is 366 g/mol. The van der Waals surface area contributed by atoms with Crippen LogP contribution in [0.5, 0.6) is 5.88 Å². The van der Waals surface area contributed by atoms with E-state index in [0.717, 1.165) is 22.4 Å². The van der Waals surface area contributed by atoms with Crippen molar-refractivity contribution in [2.24, 2.45) is 7.05 Å². The third-order valence-corrected chi connectivity index (χ3v) is 4.71. The number of aromatic nitrogens is 4. The Kier molecular flexibility index (Phi) is 6.26. The largest absolute Gasteiger partial charge is 0.475 e. The average Bonchev–Trinajstić information content (AvgIpc) is 3.14. The molecule has 7 nitrogen and oxygen atoms in total. The lowest BCUT2D eigenvalue weighted by molar-refractivity contribution is 0.0641. The summed E-state index contributed by atoms with van der Waals surface area (Å²) in [7, 11) is 1.85. The highest BCUT2D eigenvalue weighted by atomic mass is 16.5. The predicted octanol–water partition coefficient (Wildman–Crippen LogP) is 3.42. The zero-order valence-corrected chi connectivity index (χ0v) is 17.6. The van der Waals surface area contributed by atoms with Crippen molar-refractivity contribution in [3.8, 4) is 17.1 Å². The first-order valence-corrected chi connectivity index (χ1v) is 9.72. The third-order valence-electron chi connectivity index (χ3n) is 4.71. The Morgan fingerprint density at radius 3 is 2.55 bits per heavy atom. The van der Waals surface area contributed by atoms with Gasteiger partial charge in [-0.1, -0.05) is 6.07 Å². The zero-order valence-electron chi connectivity index (χ0n) is 17.6. The van der Waals surface area contributed by atoms with Crippen molar-refractivity contribution in [3.05, 3.63) is 59.7 Å². The zero-order chi connectivity index (χ0) is 21.0. The number of hydrogen-bond donors (Lipinski definition) is 0. The van der Waals surface area contributed by atoms with Gasteiger partial charge in [-0.05, 0) is 51.0 Å². The lowest BCUT2D eigenvalue weighted by atomic mass is 10.1. The van der Waals surface area contributed by atoms with Crippen molar-refractivity contribution in [2.75, 3.05) is 13.2 Å². The van der Waals surface area contributed by atoms with Gasteiger partial charge in [0.15, 0.2) is 0 Å². The highest BCUT2D eigenvalue weighted by molar-refractivity contribution is 5.98. The first-order valence-electron chi connectivity index (χ1n) is 9.72. The number of amides is 1. The molecule has 0 aliphatic heterocycles. The van der Waals surface area contributed by atoms with Gasteiger partial charge in [-0.15, -0.1) is 0 Å². The fourth-order valence-corrected chi connectivity index (χ4v) is 3.12. The van der Waals surface area contributed by atoms with Crippen LogP contribution in [0, 0.1) is 13.8 Å². The van der Waals surface area contributed by atoms with Crippen LogP contribution in [0.1, 0.15) is 35.5 Å². The molecule has 0 spiro atoms. The normalized spacial score (nSPS) is 11.9. The summed E-state index contributed by atoms with van der Waals surface area (Å²) in [4.78, 5) is 23.8. The number of nitrogens with zero attached hydrogens (tertiary/aromatic N) is 5. The van der Waals surface area contributed by atoms with Crippen molar-refractivity contribution < 1.29 is 9.53 Å². The number of rotatable bonds is 7. The van der Waals surface area contributed by atoms with Gasteiger partial charge in [0.2, 0.25) is 5.88 Å². The second kappa shape index (κ2) is 8.86. The highest BCUT2D eigenvalue weighted by Gasteiger charge is 2.25. The highest BCUT2D eigenvalue weighted by Crippen LogP contribution is 2.23. The van der Waals surface area contributed by atoms with Gasteiger partial charge in [0, 0.05) is 43.8 Å². The van der Waals surface area contributed by atoms with E-state index < -0.39 is 0 Å². The summed E-state index contributed by atoms with van der Waals surface area (Å²) >= 11 is 0. The van der Waals surface area contributed by atoms with Gasteiger partial charge in [-0.25, -0.2) is 4.98 Å². The molecule has 3 aromatic rings. The van der Waals surface area contributed by atoms with Crippen LogP contribution in [0.2, 0.25) is 0 Å². The first-order chi connectivity index (χ1) is 13.9. The molecule has 0 radical (unpaired) electrons. The second-order valence-corrected chi connectivity index (χ2v) is 7.21. The maximum Gasteiger partial charge on any atom is 0.273 e. The maximum atomic E-state index is 13.3. The Balaban J connectivity index is 1.81. The molecule has 3 aromatic heterocycles. The van der Waals surface area contributed by atoms with Crippen molar-refractivity contribution in [2.45, 2.75) is 33.7 Å². The maximum absolute atomic E-state index is 13.3. The van der Waals surface area contributed by atoms with Crippen molar-refractivity contribution in [1.29, 1.82) is 0 Å². The lowest BCUT2D eigenvalue weighted by Gasteiger charge is -2.28. The molecule has 0 aliphatic carbocycles. The van der Waals surface area contributed by atoms with E-state index >= 15 is 0 Å². The van der Waals surface area contributed by atoms with Crippen LogP contribution in [0.3, 0.4) is 0 Å². The molecule has 0 saturated heterocycles. The lowest BCUT2D eigenvalue weighted by Crippen LogP contribution is -2.42. The van der Waals surface area contributed by atoms with Crippen LogP contribution in [-0.4, -0.2) is 49.7 Å². The van der Waals surface area contributed by atoms with Gasteiger partial charge in [0.1, 0.15) is 12.3 Å². The van der Waals surface area contributed by atoms with Gasteiger partial charge in [0.05, 0.1) is 11.7 Å². The molecule has 0 saturated carbocycles. The number of ether oxygens (including phenoxy) is 1. The van der Waals surface area contributed by atoms with E-state index in [1.165, 1.54) is 0 Å². The molecule has 7 heteroatoms. The van der Waals surface area contributed by atoms with Crippen LogP contribution in [0.25, 0.3) is 11.3 Å². The van der Waals surface area contributed by atoms with Crippen molar-refractivity contribution >= 4 is 5.91 Å². The Hall–Kier alpha value is -3.22. The van der Waals surface area contributed by atoms with Gasteiger partial charge >= 0.3 is 0 Å². The SMILES string of the molecule is CCN(C(=O)c1ncc(C)cc1-c1ccn(C)n1)[C@@H](C)COc1ccc(C)cn1. The smallest absolute Gasteiger partial charge is 0.273 e. The summed E-state index contributed by atoms with van der Waals surface area (Å²) in [5.41, 5.74) is 3.92. The monoisotopic (exact) mass is 393 g/mol. The molecule has 0 bridgehead atoms. The predicted molar refractivity (Wildman–Crippen MR) is 112 cm³/mol. The quantitative estimate of drug-likeness (QED) is 0.615. The van der Waals surface area contributed by atoms with E-state index in [9.17, 15) is 4.79 Å². The number of carbonyl (C=O) groups is 1. The minimum Gasteiger partial charge on any atom is -0.475 e. The molecule has 29 heavy (non-hydrogen) atoms. The van der Waals surface area contributed by atoms with Crippen LogP contribution in [0.4, 0.5) is 0 Å². The van der Waals surface area contributed by atoms with E-state index in [2.05, 4.69) is 15.1 Å². The standard InChI is InChI=1S/C22H27N5O2/c1-6-27(17(4)14-29-20-8-7-15(2)12-23-20)22(28)21-18(11-16(3)13-24-21)19-9-10-26(5)25-19/h7-13,17H,6,14H2,1-5H3/t17-/m0/s1. The van der Waals surface area contributed by atoms with Crippen LogP contribution in [0.15, 0.2) is 42.9 Å². The fraction of sp³-hybridized carbons (Fsp3) is 0.364. The third kappa shape index (κ3) is 4.80. The van der Waals surface area contributed by atoms with E-state index in [-0.39, 0.29) is 11.9 Å². The van der Waals surface area contributed by atoms with Crippen LogP contribution < -0.4 is 4.74 Å². The summed E-state index contributed by atoms with van der Waals surface area (Å²) in [6, 6.07) is 7.48. The molecule has 0 aliphatic rings. The van der Waals surface area contributed by atoms with Gasteiger partial charge in [-0.2, -0.15) is 5.10 Å². The molecule has 1 amide bonds. The van der Waals surface area contributed by atoms with Crippen molar-refractivity contribution in [3.63, 3.8) is 0 Å². The van der Waals surface area contributed by atoms with Gasteiger partial charge in [0.25, 0.3) is 5.91 Å². The number of carbonyl (C=O) groups excluding carboxylic acids is 1.